The predicted octanol–water partition coefficient (Wildman–Crippen LogP) is 3.28. The van der Waals surface area contributed by atoms with Crippen LogP contribution in [0.25, 0.3) is 0 Å². The number of rotatable bonds is 11. The van der Waals surface area contributed by atoms with Gasteiger partial charge >= 0.3 is 0 Å². The number of hydrogen-bond acceptors (Lipinski definition) is 5. The summed E-state index contributed by atoms with van der Waals surface area (Å²) in [5.74, 6) is 2.52. The van der Waals surface area contributed by atoms with Crippen LogP contribution in [0.4, 0.5) is 0 Å². The molecule has 0 atom stereocenters. The van der Waals surface area contributed by atoms with Gasteiger partial charge in [-0.05, 0) is 37.6 Å². The molecule has 0 radical (unpaired) electrons. The molecule has 0 aliphatic carbocycles. The van der Waals surface area contributed by atoms with E-state index in [1.807, 2.05) is 30.5 Å². The molecular weight excluding hydrogens is 360 g/mol. The Kier molecular flexibility index (Phi) is 9.48. The smallest absolute Gasteiger partial charge is 0.191 e. The Hall–Kier alpha value is -2.28. The molecule has 0 unspecified atom stereocenters. The monoisotopic (exact) mass is 390 g/mol. The van der Waals surface area contributed by atoms with Gasteiger partial charge in [-0.25, -0.2) is 4.98 Å². The molecule has 0 spiro atoms. The number of guanidine groups is 1. The number of thiazole rings is 1. The fourth-order valence-corrected chi connectivity index (χ4v) is 3.24. The van der Waals surface area contributed by atoms with E-state index in [1.54, 1.807) is 18.4 Å². The van der Waals surface area contributed by atoms with Gasteiger partial charge in [0, 0.05) is 43.5 Å². The molecule has 148 valence electrons. The van der Waals surface area contributed by atoms with Crippen LogP contribution >= 0.6 is 11.3 Å². The molecule has 0 bridgehead atoms. The van der Waals surface area contributed by atoms with Gasteiger partial charge in [0.05, 0.1) is 18.7 Å². The lowest BCUT2D eigenvalue weighted by Gasteiger charge is -2.11. The van der Waals surface area contributed by atoms with Crippen LogP contribution in [-0.4, -0.2) is 44.3 Å². The molecule has 0 aliphatic heterocycles. The van der Waals surface area contributed by atoms with Gasteiger partial charge in [-0.2, -0.15) is 0 Å². The van der Waals surface area contributed by atoms with Crippen molar-refractivity contribution in [2.45, 2.75) is 33.1 Å². The van der Waals surface area contributed by atoms with E-state index < -0.39 is 0 Å². The highest BCUT2D eigenvalue weighted by atomic mass is 32.1. The van der Waals surface area contributed by atoms with Crippen molar-refractivity contribution in [3.63, 3.8) is 0 Å². The summed E-state index contributed by atoms with van der Waals surface area (Å²) >= 11 is 1.79. The van der Waals surface area contributed by atoms with Crippen molar-refractivity contribution in [2.75, 3.05) is 33.4 Å². The molecule has 1 aromatic heterocycles. The Bertz CT molecular complexity index is 686. The molecule has 6 nitrogen and oxygen atoms in total. The molecule has 1 aromatic carbocycles. The first-order valence-electron chi connectivity index (χ1n) is 9.47. The fourth-order valence-electron chi connectivity index (χ4n) is 2.37. The molecule has 2 N–H and O–H groups in total. The van der Waals surface area contributed by atoms with Gasteiger partial charge in [0.1, 0.15) is 11.5 Å². The standard InChI is InChI=1S/C20H30N4O2S/c1-4-18-15-24-19(27-18)11-13-23-20(21-5-2)22-12-6-14-26-17-9-7-16(25-3)8-10-17/h7-10,15H,4-6,11-14H2,1-3H3,(H2,21,22,23). The normalized spacial score (nSPS) is 11.3. The zero-order chi connectivity index (χ0) is 19.3. The van der Waals surface area contributed by atoms with E-state index in [4.69, 9.17) is 9.47 Å². The molecule has 1 heterocycles. The third-order valence-electron chi connectivity index (χ3n) is 3.83. The Morgan fingerprint density at radius 1 is 1.15 bits per heavy atom. The van der Waals surface area contributed by atoms with Gasteiger partial charge in [0.25, 0.3) is 0 Å². The summed E-state index contributed by atoms with van der Waals surface area (Å²) in [6, 6.07) is 7.62. The second-order valence-corrected chi connectivity index (χ2v) is 7.09. The van der Waals surface area contributed by atoms with E-state index in [1.165, 1.54) is 9.88 Å². The summed E-state index contributed by atoms with van der Waals surface area (Å²) < 4.78 is 10.9. The van der Waals surface area contributed by atoms with Gasteiger partial charge < -0.3 is 20.1 Å². The van der Waals surface area contributed by atoms with Gasteiger partial charge in [-0.15, -0.1) is 11.3 Å². The summed E-state index contributed by atoms with van der Waals surface area (Å²) in [5, 5.41) is 7.81. The first kappa shape index (κ1) is 21.0. The Morgan fingerprint density at radius 3 is 2.59 bits per heavy atom. The van der Waals surface area contributed by atoms with Crippen LogP contribution in [0.3, 0.4) is 0 Å². The van der Waals surface area contributed by atoms with Crippen LogP contribution in [-0.2, 0) is 12.8 Å². The number of methoxy groups -OCH3 is 1. The van der Waals surface area contributed by atoms with E-state index in [-0.39, 0.29) is 0 Å². The molecule has 2 aromatic rings. The molecule has 2 rings (SSSR count). The molecule has 0 saturated carbocycles. The van der Waals surface area contributed by atoms with Crippen molar-refractivity contribution >= 4 is 17.3 Å². The number of ether oxygens (including phenoxy) is 2. The van der Waals surface area contributed by atoms with E-state index in [2.05, 4.69) is 34.5 Å². The maximum atomic E-state index is 5.73. The zero-order valence-corrected chi connectivity index (χ0v) is 17.3. The van der Waals surface area contributed by atoms with E-state index in [0.29, 0.717) is 13.2 Å². The average molecular weight is 391 g/mol. The lowest BCUT2D eigenvalue weighted by atomic mass is 10.3. The lowest BCUT2D eigenvalue weighted by Crippen LogP contribution is -2.38. The largest absolute Gasteiger partial charge is 0.497 e. The average Bonchev–Trinajstić information content (AvgIpc) is 3.16. The van der Waals surface area contributed by atoms with Crippen LogP contribution < -0.4 is 20.1 Å². The van der Waals surface area contributed by atoms with Crippen molar-refractivity contribution in [1.82, 2.24) is 15.6 Å². The third-order valence-corrected chi connectivity index (χ3v) is 5.03. The van der Waals surface area contributed by atoms with Crippen molar-refractivity contribution in [3.8, 4) is 11.5 Å². The quantitative estimate of drug-likeness (QED) is 0.350. The first-order valence-corrected chi connectivity index (χ1v) is 10.3. The summed E-state index contributed by atoms with van der Waals surface area (Å²) in [4.78, 5) is 10.4. The van der Waals surface area contributed by atoms with Crippen molar-refractivity contribution < 1.29 is 9.47 Å². The maximum Gasteiger partial charge on any atom is 0.191 e. The van der Waals surface area contributed by atoms with Crippen LogP contribution in [0, 0.1) is 0 Å². The van der Waals surface area contributed by atoms with E-state index in [9.17, 15) is 0 Å². The van der Waals surface area contributed by atoms with Crippen LogP contribution in [0.5, 0.6) is 11.5 Å². The minimum atomic E-state index is 0.633. The summed E-state index contributed by atoms with van der Waals surface area (Å²) in [7, 11) is 1.66. The van der Waals surface area contributed by atoms with Crippen LogP contribution in [0.2, 0.25) is 0 Å². The number of nitrogens with one attached hydrogen (secondary N) is 2. The SMILES string of the molecule is CCNC(=NCCCOc1ccc(OC)cc1)NCCc1ncc(CC)s1. The van der Waals surface area contributed by atoms with Gasteiger partial charge in [-0.3, -0.25) is 4.99 Å². The van der Waals surface area contributed by atoms with Crippen LogP contribution in [0.1, 0.15) is 30.2 Å². The number of hydrogen-bond donors (Lipinski definition) is 2. The molecule has 0 fully saturated rings. The molecule has 0 aliphatic rings. The molecular formula is C20H30N4O2S. The number of aryl methyl sites for hydroxylation is 1. The Labute approximate surface area is 166 Å². The number of benzene rings is 1. The zero-order valence-electron chi connectivity index (χ0n) is 16.5. The highest BCUT2D eigenvalue weighted by Crippen LogP contribution is 2.17. The summed E-state index contributed by atoms with van der Waals surface area (Å²) in [6.45, 7) is 7.23. The van der Waals surface area contributed by atoms with Gasteiger partial charge in [0.2, 0.25) is 0 Å². The van der Waals surface area contributed by atoms with Gasteiger partial charge in [-0.1, -0.05) is 6.92 Å². The molecule has 7 heteroatoms. The molecule has 0 amide bonds. The Balaban J connectivity index is 1.67. The summed E-state index contributed by atoms with van der Waals surface area (Å²) in [6.07, 6.45) is 4.79. The maximum absolute atomic E-state index is 5.73. The highest BCUT2D eigenvalue weighted by Gasteiger charge is 2.02. The topological polar surface area (TPSA) is 67.8 Å². The second kappa shape index (κ2) is 12.2. The van der Waals surface area contributed by atoms with Crippen molar-refractivity contribution in [1.29, 1.82) is 0 Å². The highest BCUT2D eigenvalue weighted by molar-refractivity contribution is 7.11. The minimum absolute atomic E-state index is 0.633. The minimum Gasteiger partial charge on any atom is -0.497 e. The van der Waals surface area contributed by atoms with Gasteiger partial charge in [0.15, 0.2) is 5.96 Å². The van der Waals surface area contributed by atoms with E-state index in [0.717, 1.165) is 49.8 Å². The predicted molar refractivity (Wildman–Crippen MR) is 112 cm³/mol. The van der Waals surface area contributed by atoms with Crippen molar-refractivity contribution in [2.24, 2.45) is 4.99 Å². The van der Waals surface area contributed by atoms with Crippen LogP contribution in [0.15, 0.2) is 35.5 Å². The fraction of sp³-hybridized carbons (Fsp3) is 0.500. The lowest BCUT2D eigenvalue weighted by molar-refractivity contribution is 0.312. The molecule has 27 heavy (non-hydrogen) atoms. The van der Waals surface area contributed by atoms with E-state index >= 15 is 0 Å². The number of aliphatic imine (C=N–C) groups is 1. The first-order chi connectivity index (χ1) is 13.2. The number of aromatic nitrogens is 1. The third kappa shape index (κ3) is 7.86. The second-order valence-electron chi connectivity index (χ2n) is 5.89. The number of nitrogens with zero attached hydrogens (tertiary/aromatic N) is 2. The van der Waals surface area contributed by atoms with Crippen molar-refractivity contribution in [3.05, 3.63) is 40.3 Å². The summed E-state index contributed by atoms with van der Waals surface area (Å²) in [5.41, 5.74) is 0. The Morgan fingerprint density at radius 2 is 1.93 bits per heavy atom. The molecule has 0 saturated heterocycles.